The summed E-state index contributed by atoms with van der Waals surface area (Å²) < 4.78 is 0. The molecule has 0 aliphatic heterocycles. The zero-order valence-corrected chi connectivity index (χ0v) is 10.1. The summed E-state index contributed by atoms with van der Waals surface area (Å²) in [6, 6.07) is -0.887. The summed E-state index contributed by atoms with van der Waals surface area (Å²) in [5.74, 6) is -2.48. The van der Waals surface area contributed by atoms with Crippen LogP contribution in [0.25, 0.3) is 0 Å². The van der Waals surface area contributed by atoms with Crippen LogP contribution in [0.4, 0.5) is 0 Å². The second-order valence-corrected chi connectivity index (χ2v) is 4.23. The minimum atomic E-state index is -1.06. The van der Waals surface area contributed by atoms with Crippen molar-refractivity contribution in [2.75, 3.05) is 0 Å². The predicted molar refractivity (Wildman–Crippen MR) is 60.5 cm³/mol. The molecule has 1 unspecified atom stereocenters. The Morgan fingerprint density at radius 2 is 1.59 bits per heavy atom. The number of unbranched alkanes of at least 4 members (excludes halogenated alkanes) is 1. The molecule has 0 aromatic carbocycles. The van der Waals surface area contributed by atoms with Crippen LogP contribution >= 0.6 is 0 Å². The second-order valence-electron chi connectivity index (χ2n) is 4.23. The maximum Gasteiger partial charge on any atom is 0.326 e. The van der Waals surface area contributed by atoms with E-state index in [1.165, 1.54) is 0 Å². The fourth-order valence-corrected chi connectivity index (χ4v) is 1.32. The van der Waals surface area contributed by atoms with Gasteiger partial charge in [-0.2, -0.15) is 0 Å². The van der Waals surface area contributed by atoms with Crippen LogP contribution in [0.15, 0.2) is 0 Å². The Labute approximate surface area is 100 Å². The molecule has 0 saturated carbocycles. The van der Waals surface area contributed by atoms with Gasteiger partial charge in [0.15, 0.2) is 0 Å². The van der Waals surface area contributed by atoms with Gasteiger partial charge in [-0.3, -0.25) is 9.59 Å². The fraction of sp³-hybridized carbons (Fsp3) is 0.727. The summed E-state index contributed by atoms with van der Waals surface area (Å²) in [5.41, 5.74) is 0. The molecule has 3 N–H and O–H groups in total. The SMILES string of the molecule is CC(C)C(NC(=O)CCCCC(=O)O)C(=O)O. The largest absolute Gasteiger partial charge is 0.481 e. The van der Waals surface area contributed by atoms with Crippen molar-refractivity contribution in [2.45, 2.75) is 45.6 Å². The van der Waals surface area contributed by atoms with Gasteiger partial charge in [-0.05, 0) is 18.8 Å². The zero-order chi connectivity index (χ0) is 13.4. The first-order valence-electron chi connectivity index (χ1n) is 5.58. The van der Waals surface area contributed by atoms with Crippen LogP contribution in [0.1, 0.15) is 39.5 Å². The number of hydrogen-bond donors (Lipinski definition) is 3. The summed E-state index contributed by atoms with van der Waals surface area (Å²) in [4.78, 5) is 32.4. The van der Waals surface area contributed by atoms with Gasteiger partial charge in [0.05, 0.1) is 0 Å². The van der Waals surface area contributed by atoms with E-state index in [0.29, 0.717) is 12.8 Å². The summed E-state index contributed by atoms with van der Waals surface area (Å²) in [7, 11) is 0. The van der Waals surface area contributed by atoms with Crippen molar-refractivity contribution in [1.29, 1.82) is 0 Å². The van der Waals surface area contributed by atoms with Crippen molar-refractivity contribution in [2.24, 2.45) is 5.92 Å². The van der Waals surface area contributed by atoms with Gasteiger partial charge < -0.3 is 15.5 Å². The van der Waals surface area contributed by atoms with Crippen molar-refractivity contribution in [3.8, 4) is 0 Å². The lowest BCUT2D eigenvalue weighted by Crippen LogP contribution is -2.44. The lowest BCUT2D eigenvalue weighted by atomic mass is 10.0. The highest BCUT2D eigenvalue weighted by atomic mass is 16.4. The molecule has 1 atom stereocenters. The molecule has 0 aliphatic carbocycles. The van der Waals surface area contributed by atoms with Crippen LogP contribution in [0.5, 0.6) is 0 Å². The Bertz CT molecular complexity index is 288. The Kier molecular flexibility index (Phi) is 6.93. The molecule has 1 amide bonds. The molecule has 0 aliphatic rings. The molecular weight excluding hydrogens is 226 g/mol. The smallest absolute Gasteiger partial charge is 0.326 e. The van der Waals surface area contributed by atoms with Crippen LogP contribution in [-0.2, 0) is 14.4 Å². The van der Waals surface area contributed by atoms with Crippen LogP contribution in [0.3, 0.4) is 0 Å². The summed E-state index contributed by atoms with van der Waals surface area (Å²) in [5, 5.41) is 19.7. The molecular formula is C11H19NO5. The molecule has 0 rings (SSSR count). The molecule has 0 aromatic heterocycles. The monoisotopic (exact) mass is 245 g/mol. The topological polar surface area (TPSA) is 104 Å². The van der Waals surface area contributed by atoms with Gasteiger partial charge in [-0.15, -0.1) is 0 Å². The highest BCUT2D eigenvalue weighted by Gasteiger charge is 2.22. The maximum atomic E-state index is 11.4. The number of amides is 1. The third-order valence-electron chi connectivity index (χ3n) is 2.29. The Balaban J connectivity index is 3.91. The number of carbonyl (C=O) groups excluding carboxylic acids is 1. The standard InChI is InChI=1S/C11H19NO5/c1-7(2)10(11(16)17)12-8(13)5-3-4-6-9(14)15/h7,10H,3-6H2,1-2H3,(H,12,13)(H,14,15)(H,16,17). The zero-order valence-electron chi connectivity index (χ0n) is 10.1. The summed E-state index contributed by atoms with van der Waals surface area (Å²) in [6.45, 7) is 3.42. The molecule has 98 valence electrons. The number of carboxylic acid groups (broad SMARTS) is 2. The van der Waals surface area contributed by atoms with E-state index in [2.05, 4.69) is 5.32 Å². The van der Waals surface area contributed by atoms with Gasteiger partial charge in [-0.1, -0.05) is 13.8 Å². The number of carboxylic acids is 2. The first kappa shape index (κ1) is 15.4. The van der Waals surface area contributed by atoms with E-state index >= 15 is 0 Å². The highest BCUT2D eigenvalue weighted by molar-refractivity contribution is 5.83. The number of hydrogen-bond acceptors (Lipinski definition) is 3. The average Bonchev–Trinajstić information content (AvgIpc) is 2.19. The fourth-order valence-electron chi connectivity index (χ4n) is 1.32. The number of nitrogens with one attached hydrogen (secondary N) is 1. The highest BCUT2D eigenvalue weighted by Crippen LogP contribution is 2.04. The third-order valence-corrected chi connectivity index (χ3v) is 2.29. The van der Waals surface area contributed by atoms with Crippen molar-refractivity contribution < 1.29 is 24.6 Å². The average molecular weight is 245 g/mol. The van der Waals surface area contributed by atoms with E-state index in [0.717, 1.165) is 0 Å². The van der Waals surface area contributed by atoms with E-state index in [9.17, 15) is 14.4 Å². The van der Waals surface area contributed by atoms with E-state index in [1.54, 1.807) is 13.8 Å². The van der Waals surface area contributed by atoms with Crippen molar-refractivity contribution in [3.05, 3.63) is 0 Å². The maximum absolute atomic E-state index is 11.4. The van der Waals surface area contributed by atoms with Gasteiger partial charge in [0, 0.05) is 12.8 Å². The number of aliphatic carboxylic acids is 2. The molecule has 6 heteroatoms. The first-order valence-corrected chi connectivity index (χ1v) is 5.58. The molecule has 0 radical (unpaired) electrons. The minimum absolute atomic E-state index is 0.0276. The lowest BCUT2D eigenvalue weighted by Gasteiger charge is -2.17. The van der Waals surface area contributed by atoms with E-state index < -0.39 is 18.0 Å². The first-order chi connectivity index (χ1) is 7.84. The summed E-state index contributed by atoms with van der Waals surface area (Å²) >= 11 is 0. The van der Waals surface area contributed by atoms with Gasteiger partial charge in [-0.25, -0.2) is 4.79 Å². The molecule has 0 spiro atoms. The van der Waals surface area contributed by atoms with E-state index in [-0.39, 0.29) is 24.7 Å². The molecule has 17 heavy (non-hydrogen) atoms. The van der Waals surface area contributed by atoms with Gasteiger partial charge in [0.2, 0.25) is 5.91 Å². The van der Waals surface area contributed by atoms with E-state index in [1.807, 2.05) is 0 Å². The van der Waals surface area contributed by atoms with Crippen molar-refractivity contribution in [3.63, 3.8) is 0 Å². The Morgan fingerprint density at radius 3 is 2.00 bits per heavy atom. The van der Waals surface area contributed by atoms with Gasteiger partial charge >= 0.3 is 11.9 Å². The molecule has 0 heterocycles. The normalized spacial score (nSPS) is 12.2. The number of carbonyl (C=O) groups is 3. The van der Waals surface area contributed by atoms with Gasteiger partial charge in [0.1, 0.15) is 6.04 Å². The second kappa shape index (κ2) is 7.65. The quantitative estimate of drug-likeness (QED) is 0.550. The van der Waals surface area contributed by atoms with Gasteiger partial charge in [0.25, 0.3) is 0 Å². The van der Waals surface area contributed by atoms with Crippen LogP contribution in [0, 0.1) is 5.92 Å². The summed E-state index contributed by atoms with van der Waals surface area (Å²) in [6.07, 6.45) is 1.05. The minimum Gasteiger partial charge on any atom is -0.481 e. The van der Waals surface area contributed by atoms with Crippen LogP contribution in [-0.4, -0.2) is 34.1 Å². The van der Waals surface area contributed by atoms with Crippen molar-refractivity contribution >= 4 is 17.8 Å². The van der Waals surface area contributed by atoms with Crippen LogP contribution < -0.4 is 5.32 Å². The Hall–Kier alpha value is -1.59. The van der Waals surface area contributed by atoms with Crippen molar-refractivity contribution in [1.82, 2.24) is 5.32 Å². The molecule has 0 bridgehead atoms. The molecule has 0 fully saturated rings. The molecule has 6 nitrogen and oxygen atoms in total. The van der Waals surface area contributed by atoms with Crippen LogP contribution in [0.2, 0.25) is 0 Å². The lowest BCUT2D eigenvalue weighted by molar-refractivity contribution is -0.143. The molecule has 0 saturated heterocycles. The molecule has 0 aromatic rings. The predicted octanol–water partition coefficient (Wildman–Crippen LogP) is 0.857. The third kappa shape index (κ3) is 7.32. The Morgan fingerprint density at radius 1 is 1.06 bits per heavy atom. The van der Waals surface area contributed by atoms with E-state index in [4.69, 9.17) is 10.2 Å². The number of rotatable bonds is 8.